The molecule has 1 aliphatic heterocycles. The van der Waals surface area contributed by atoms with Gasteiger partial charge in [-0.25, -0.2) is 0 Å². The highest BCUT2D eigenvalue weighted by molar-refractivity contribution is 6.31. The van der Waals surface area contributed by atoms with Gasteiger partial charge in [0, 0.05) is 23.9 Å². The van der Waals surface area contributed by atoms with E-state index in [-0.39, 0.29) is 45.6 Å². The number of fused-ring (bicyclic) bond motifs is 3. The molecule has 2 aliphatic rings. The van der Waals surface area contributed by atoms with Crippen LogP contribution in [0.5, 0.6) is 28.7 Å². The molecule has 3 N–H and O–H groups in total. The van der Waals surface area contributed by atoms with Gasteiger partial charge in [0.1, 0.15) is 34.0 Å². The number of ether oxygens (including phenoxy) is 3. The monoisotopic (exact) mass is 521 g/mol. The zero-order chi connectivity index (χ0) is 28.1. The fourth-order valence-corrected chi connectivity index (χ4v) is 4.86. The molecule has 0 radical (unpaired) electrons. The number of hydrogen-bond donors (Lipinski definition) is 3. The second kappa shape index (κ2) is 9.55. The number of ketones is 3. The molecule has 1 aliphatic carbocycles. The summed E-state index contributed by atoms with van der Waals surface area (Å²) in [6.45, 7) is 9.98. The van der Waals surface area contributed by atoms with Crippen LogP contribution in [0.4, 0.5) is 0 Å². The van der Waals surface area contributed by atoms with E-state index in [1.807, 2.05) is 26.0 Å². The van der Waals surface area contributed by atoms with E-state index in [0.29, 0.717) is 23.7 Å². The number of rotatable bonds is 7. The van der Waals surface area contributed by atoms with Crippen molar-refractivity contribution in [2.75, 3.05) is 7.11 Å². The minimum Gasteiger partial charge on any atom is -0.507 e. The average Bonchev–Trinajstić information content (AvgIpc) is 3.14. The van der Waals surface area contributed by atoms with Crippen molar-refractivity contribution in [1.29, 1.82) is 0 Å². The van der Waals surface area contributed by atoms with Crippen molar-refractivity contribution in [3.8, 4) is 28.7 Å². The van der Waals surface area contributed by atoms with E-state index < -0.39 is 28.5 Å². The molecule has 0 aromatic heterocycles. The minimum absolute atomic E-state index is 0.00710. The maximum atomic E-state index is 13.9. The number of phenols is 2. The number of hydrogen-bond acceptors (Lipinski definition) is 9. The van der Waals surface area contributed by atoms with Crippen molar-refractivity contribution in [2.45, 2.75) is 59.6 Å². The normalized spacial score (nSPS) is 19.4. The lowest BCUT2D eigenvalue weighted by Crippen LogP contribution is -2.41. The predicted molar refractivity (Wildman–Crippen MR) is 139 cm³/mol. The molecule has 0 saturated heterocycles. The zero-order valence-corrected chi connectivity index (χ0v) is 22.4. The van der Waals surface area contributed by atoms with Gasteiger partial charge in [0.05, 0.1) is 24.4 Å². The molecule has 0 spiro atoms. The Morgan fingerprint density at radius 2 is 1.82 bits per heavy atom. The maximum absolute atomic E-state index is 13.9. The molecule has 9 nitrogen and oxygen atoms in total. The fourth-order valence-electron chi connectivity index (χ4n) is 4.86. The van der Waals surface area contributed by atoms with Crippen LogP contribution in [0.15, 0.2) is 41.3 Å². The van der Waals surface area contributed by atoms with Crippen LogP contribution in [-0.4, -0.2) is 40.8 Å². The summed E-state index contributed by atoms with van der Waals surface area (Å²) in [5.41, 5.74) is -0.525. The number of carbonyl (C=O) groups excluding carboxylic acids is 3. The third-order valence-electron chi connectivity index (χ3n) is 6.91. The van der Waals surface area contributed by atoms with Crippen LogP contribution in [-0.2, 0) is 21.5 Å². The van der Waals surface area contributed by atoms with E-state index in [4.69, 9.17) is 14.2 Å². The number of aromatic hydroxyl groups is 2. The van der Waals surface area contributed by atoms with E-state index >= 15 is 0 Å². The van der Waals surface area contributed by atoms with Crippen LogP contribution < -0.4 is 19.5 Å². The van der Waals surface area contributed by atoms with Crippen LogP contribution in [0.2, 0.25) is 0 Å². The van der Waals surface area contributed by atoms with Gasteiger partial charge in [0.2, 0.25) is 0 Å². The molecule has 1 unspecified atom stereocenters. The van der Waals surface area contributed by atoms with E-state index in [0.717, 1.165) is 5.56 Å². The Kier molecular flexibility index (Phi) is 6.73. The Morgan fingerprint density at radius 1 is 1.13 bits per heavy atom. The molecule has 0 bridgehead atoms. The van der Waals surface area contributed by atoms with Crippen molar-refractivity contribution in [3.05, 3.63) is 63.6 Å². The highest BCUT2D eigenvalue weighted by atomic mass is 16.5. The first kappa shape index (κ1) is 26.8. The van der Waals surface area contributed by atoms with Crippen molar-refractivity contribution in [3.63, 3.8) is 0 Å². The number of allylic oxidation sites excluding steroid dienone is 4. The van der Waals surface area contributed by atoms with Crippen molar-refractivity contribution in [1.82, 2.24) is 5.32 Å². The van der Waals surface area contributed by atoms with Gasteiger partial charge in [0.25, 0.3) is 0 Å². The molecule has 38 heavy (non-hydrogen) atoms. The lowest BCUT2D eigenvalue weighted by Gasteiger charge is -2.29. The Hall–Kier alpha value is -4.27. The van der Waals surface area contributed by atoms with E-state index in [1.54, 1.807) is 20.1 Å². The quantitative estimate of drug-likeness (QED) is 0.279. The first-order valence-electron chi connectivity index (χ1n) is 12.2. The Morgan fingerprint density at radius 3 is 2.42 bits per heavy atom. The summed E-state index contributed by atoms with van der Waals surface area (Å²) >= 11 is 0. The lowest BCUT2D eigenvalue weighted by atomic mass is 9.70. The molecule has 0 amide bonds. The number of benzene rings is 2. The number of Topliss-reactive ketones (excluding diaryl/α,β-unsaturated/α-hetero) is 2. The van der Waals surface area contributed by atoms with E-state index in [1.165, 1.54) is 26.8 Å². The third kappa shape index (κ3) is 4.08. The number of methoxy groups -OCH3 is 1. The summed E-state index contributed by atoms with van der Waals surface area (Å²) in [6.07, 6.45) is 1.17. The first-order valence-corrected chi connectivity index (χ1v) is 12.2. The molecule has 9 heteroatoms. The first-order chi connectivity index (χ1) is 17.8. The molecule has 200 valence electrons. The second-order valence-electron chi connectivity index (χ2n) is 9.89. The molecule has 2 aromatic rings. The van der Waals surface area contributed by atoms with Gasteiger partial charge in [-0.15, -0.1) is 0 Å². The summed E-state index contributed by atoms with van der Waals surface area (Å²) in [6, 6.07) is 5.46. The molecule has 1 atom stereocenters. The van der Waals surface area contributed by atoms with E-state index in [2.05, 4.69) is 5.32 Å². The van der Waals surface area contributed by atoms with Gasteiger partial charge in [-0.1, -0.05) is 6.07 Å². The van der Waals surface area contributed by atoms with Crippen molar-refractivity contribution >= 4 is 17.3 Å². The minimum atomic E-state index is -1.56. The van der Waals surface area contributed by atoms with Crippen molar-refractivity contribution < 1.29 is 38.8 Å². The van der Waals surface area contributed by atoms with Gasteiger partial charge in [-0.3, -0.25) is 14.4 Å². The summed E-state index contributed by atoms with van der Waals surface area (Å²) < 4.78 is 17.0. The van der Waals surface area contributed by atoms with Crippen LogP contribution >= 0.6 is 0 Å². The summed E-state index contributed by atoms with van der Waals surface area (Å²) in [4.78, 5) is 39.3. The molecular formula is C29H31NO8. The van der Waals surface area contributed by atoms with Gasteiger partial charge < -0.3 is 29.7 Å². The van der Waals surface area contributed by atoms with Gasteiger partial charge >= 0.3 is 0 Å². The smallest absolute Gasteiger partial charge is 0.194 e. The lowest BCUT2D eigenvalue weighted by molar-refractivity contribution is -0.123. The fraction of sp³-hybridized carbons (Fsp3) is 0.345. The number of nitrogens with one attached hydrogen (secondary N) is 1. The topological polar surface area (TPSA) is 131 Å². The van der Waals surface area contributed by atoms with Gasteiger partial charge in [-0.05, 0) is 59.2 Å². The molecule has 0 saturated carbocycles. The summed E-state index contributed by atoms with van der Waals surface area (Å²) in [5, 5.41) is 24.6. The predicted octanol–water partition coefficient (Wildman–Crippen LogP) is 4.15. The van der Waals surface area contributed by atoms with Crippen LogP contribution in [0.3, 0.4) is 0 Å². The second-order valence-corrected chi connectivity index (χ2v) is 9.89. The average molecular weight is 522 g/mol. The third-order valence-corrected chi connectivity index (χ3v) is 6.91. The molecule has 2 aromatic carbocycles. The van der Waals surface area contributed by atoms with Gasteiger partial charge in [0.15, 0.2) is 28.8 Å². The summed E-state index contributed by atoms with van der Waals surface area (Å²) in [7, 11) is 1.55. The Labute approximate surface area is 220 Å². The van der Waals surface area contributed by atoms with E-state index in [9.17, 15) is 24.6 Å². The number of phenolic OH excluding ortho intramolecular Hbond substituents is 2. The largest absolute Gasteiger partial charge is 0.507 e. The molecular weight excluding hydrogens is 490 g/mol. The SMILES string of the molecule is COc1cc(CNC(C)=C2C(=O)C=C3Oc4c(C(C)=O)c(O)c(C)c(O)c4C3(C)C2=O)ccc1OC(C)C. The summed E-state index contributed by atoms with van der Waals surface area (Å²) in [5.74, 6) is -1.40. The van der Waals surface area contributed by atoms with Gasteiger partial charge in [-0.2, -0.15) is 0 Å². The van der Waals surface area contributed by atoms with Crippen molar-refractivity contribution in [2.24, 2.45) is 0 Å². The number of carbonyl (C=O) groups is 3. The highest BCUT2D eigenvalue weighted by Crippen LogP contribution is 2.57. The Balaban J connectivity index is 1.72. The Bertz CT molecular complexity index is 1450. The zero-order valence-electron chi connectivity index (χ0n) is 22.4. The molecule has 1 heterocycles. The van der Waals surface area contributed by atoms with Crippen LogP contribution in [0, 0.1) is 6.92 Å². The molecule has 0 fully saturated rings. The standard InChI is InChI=1S/C29H31NO8/c1-13(2)37-19-9-8-17(10-20(19)36-7)12-30-15(4)22-18(32)11-21-29(6,28(22)35)24-26(34)14(3)25(33)23(16(5)31)27(24)38-21/h8-11,13,30,33-34H,12H2,1-7H3. The van der Waals surface area contributed by atoms with Crippen LogP contribution in [0.25, 0.3) is 0 Å². The highest BCUT2D eigenvalue weighted by Gasteiger charge is 2.56. The maximum Gasteiger partial charge on any atom is 0.194 e. The molecule has 4 rings (SSSR count). The van der Waals surface area contributed by atoms with Crippen LogP contribution in [0.1, 0.15) is 61.7 Å².